The average molecular weight is 345 g/mol. The standard InChI is InChI=1S/C19H25BFNO3/c1-2-3-4-5-6-7-12-25-17-10-8-15(9-11-17)19-18(21)13-16(14-22-19)20(23)24/h8-11,13-14,23-24H,2-7,12H2,1H3. The van der Waals surface area contributed by atoms with Crippen LogP contribution in [0.1, 0.15) is 45.4 Å². The monoisotopic (exact) mass is 345 g/mol. The number of hydrogen-bond donors (Lipinski definition) is 2. The summed E-state index contributed by atoms with van der Waals surface area (Å²) in [5.41, 5.74) is 0.815. The molecular weight excluding hydrogens is 320 g/mol. The van der Waals surface area contributed by atoms with Crippen LogP contribution < -0.4 is 10.2 Å². The Labute approximate surface area is 148 Å². The van der Waals surface area contributed by atoms with Crippen LogP contribution in [0.2, 0.25) is 0 Å². The van der Waals surface area contributed by atoms with Crippen LogP contribution >= 0.6 is 0 Å². The molecule has 0 amide bonds. The van der Waals surface area contributed by atoms with Gasteiger partial charge in [-0.15, -0.1) is 0 Å². The van der Waals surface area contributed by atoms with E-state index >= 15 is 0 Å². The molecular formula is C19H25BFNO3. The van der Waals surface area contributed by atoms with E-state index in [1.165, 1.54) is 38.3 Å². The first-order chi connectivity index (χ1) is 12.1. The van der Waals surface area contributed by atoms with Gasteiger partial charge in [0.25, 0.3) is 0 Å². The predicted molar refractivity (Wildman–Crippen MR) is 98.3 cm³/mol. The zero-order valence-electron chi connectivity index (χ0n) is 14.6. The van der Waals surface area contributed by atoms with Gasteiger partial charge in [-0.25, -0.2) is 4.39 Å². The van der Waals surface area contributed by atoms with Gasteiger partial charge < -0.3 is 14.8 Å². The lowest BCUT2D eigenvalue weighted by molar-refractivity contribution is 0.304. The number of benzene rings is 1. The maximum absolute atomic E-state index is 14.1. The Balaban J connectivity index is 1.85. The van der Waals surface area contributed by atoms with Crippen molar-refractivity contribution in [3.8, 4) is 17.0 Å². The number of halogens is 1. The molecule has 4 nitrogen and oxygen atoms in total. The van der Waals surface area contributed by atoms with Gasteiger partial charge in [-0.2, -0.15) is 0 Å². The van der Waals surface area contributed by atoms with Crippen LogP contribution in [0.15, 0.2) is 36.5 Å². The van der Waals surface area contributed by atoms with E-state index in [1.54, 1.807) is 24.3 Å². The van der Waals surface area contributed by atoms with Crippen LogP contribution in [0.3, 0.4) is 0 Å². The Morgan fingerprint density at radius 1 is 1.04 bits per heavy atom. The largest absolute Gasteiger partial charge is 0.494 e. The highest BCUT2D eigenvalue weighted by Gasteiger charge is 2.15. The Morgan fingerprint density at radius 3 is 2.36 bits per heavy atom. The number of hydrogen-bond acceptors (Lipinski definition) is 4. The molecule has 6 heteroatoms. The van der Waals surface area contributed by atoms with Gasteiger partial charge in [0.15, 0.2) is 0 Å². The smallest absolute Gasteiger partial charge is 0.490 e. The van der Waals surface area contributed by atoms with E-state index in [-0.39, 0.29) is 11.2 Å². The van der Waals surface area contributed by atoms with E-state index in [9.17, 15) is 4.39 Å². The summed E-state index contributed by atoms with van der Waals surface area (Å²) >= 11 is 0. The van der Waals surface area contributed by atoms with Crippen molar-refractivity contribution in [2.45, 2.75) is 45.4 Å². The van der Waals surface area contributed by atoms with Crippen LogP contribution in [0.5, 0.6) is 5.75 Å². The number of ether oxygens (including phenoxy) is 1. The molecule has 0 aliphatic carbocycles. The second kappa shape index (κ2) is 10.2. The summed E-state index contributed by atoms with van der Waals surface area (Å²) < 4.78 is 19.8. The Kier molecular flexibility index (Phi) is 7.89. The van der Waals surface area contributed by atoms with Crippen LogP contribution in [0.25, 0.3) is 11.3 Å². The van der Waals surface area contributed by atoms with Gasteiger partial charge in [0.1, 0.15) is 17.3 Å². The molecule has 134 valence electrons. The molecule has 0 atom stereocenters. The summed E-state index contributed by atoms with van der Waals surface area (Å²) in [5.74, 6) is 0.159. The molecule has 0 aliphatic heterocycles. The molecule has 0 spiro atoms. The number of aromatic nitrogens is 1. The van der Waals surface area contributed by atoms with Gasteiger partial charge in [-0.3, -0.25) is 4.98 Å². The average Bonchev–Trinajstić information content (AvgIpc) is 2.61. The van der Waals surface area contributed by atoms with E-state index < -0.39 is 12.9 Å². The van der Waals surface area contributed by atoms with Crippen molar-refractivity contribution >= 4 is 12.6 Å². The number of pyridine rings is 1. The van der Waals surface area contributed by atoms with Crippen molar-refractivity contribution in [3.63, 3.8) is 0 Å². The highest BCUT2D eigenvalue weighted by molar-refractivity contribution is 6.58. The van der Waals surface area contributed by atoms with E-state index in [0.29, 0.717) is 12.2 Å². The van der Waals surface area contributed by atoms with Gasteiger partial charge in [-0.1, -0.05) is 39.0 Å². The summed E-state index contributed by atoms with van der Waals surface area (Å²) in [5, 5.41) is 18.1. The summed E-state index contributed by atoms with van der Waals surface area (Å²) in [6.07, 6.45) is 8.55. The van der Waals surface area contributed by atoms with E-state index in [4.69, 9.17) is 14.8 Å². The highest BCUT2D eigenvalue weighted by Crippen LogP contribution is 2.22. The zero-order chi connectivity index (χ0) is 18.1. The van der Waals surface area contributed by atoms with Crippen LogP contribution in [-0.4, -0.2) is 28.8 Å². The minimum absolute atomic E-state index is 0.0279. The topological polar surface area (TPSA) is 62.6 Å². The Hall–Kier alpha value is -1.92. The minimum atomic E-state index is -1.73. The summed E-state index contributed by atoms with van der Waals surface area (Å²) in [4.78, 5) is 3.97. The fourth-order valence-electron chi connectivity index (χ4n) is 2.59. The highest BCUT2D eigenvalue weighted by atomic mass is 19.1. The third-order valence-corrected chi connectivity index (χ3v) is 4.05. The quantitative estimate of drug-likeness (QED) is 0.512. The van der Waals surface area contributed by atoms with Gasteiger partial charge >= 0.3 is 7.12 Å². The van der Waals surface area contributed by atoms with Gasteiger partial charge in [0, 0.05) is 17.2 Å². The molecule has 1 aromatic carbocycles. The van der Waals surface area contributed by atoms with Crippen LogP contribution in [0, 0.1) is 5.82 Å². The molecule has 2 N–H and O–H groups in total. The number of rotatable bonds is 10. The molecule has 2 aromatic rings. The molecule has 1 heterocycles. The fraction of sp³-hybridized carbons (Fsp3) is 0.421. The van der Waals surface area contributed by atoms with Crippen molar-refractivity contribution in [1.82, 2.24) is 4.98 Å². The van der Waals surface area contributed by atoms with E-state index in [0.717, 1.165) is 18.2 Å². The summed E-state index contributed by atoms with van der Waals surface area (Å²) in [6, 6.07) is 8.16. The molecule has 0 saturated heterocycles. The summed E-state index contributed by atoms with van der Waals surface area (Å²) in [7, 11) is -1.73. The number of nitrogens with zero attached hydrogens (tertiary/aromatic N) is 1. The molecule has 0 aliphatic rings. The van der Waals surface area contributed by atoms with Crippen LogP contribution in [-0.2, 0) is 0 Å². The third-order valence-electron chi connectivity index (χ3n) is 4.05. The van der Waals surface area contributed by atoms with Crippen molar-refractivity contribution in [1.29, 1.82) is 0 Å². The third kappa shape index (κ3) is 6.14. The number of unbranched alkanes of at least 4 members (excludes halogenated alkanes) is 5. The first-order valence-corrected chi connectivity index (χ1v) is 8.86. The summed E-state index contributed by atoms with van der Waals surface area (Å²) in [6.45, 7) is 2.89. The lowest BCUT2D eigenvalue weighted by Gasteiger charge is -2.08. The normalized spacial score (nSPS) is 10.7. The first kappa shape index (κ1) is 19.4. The lowest BCUT2D eigenvalue weighted by atomic mass is 9.81. The van der Waals surface area contributed by atoms with Crippen LogP contribution in [0.4, 0.5) is 4.39 Å². The molecule has 0 saturated carbocycles. The predicted octanol–water partition coefficient (Wildman–Crippen LogP) is 3.31. The molecule has 25 heavy (non-hydrogen) atoms. The lowest BCUT2D eigenvalue weighted by Crippen LogP contribution is -2.30. The van der Waals surface area contributed by atoms with E-state index in [1.807, 2.05) is 0 Å². The van der Waals surface area contributed by atoms with Gasteiger partial charge in [0.2, 0.25) is 0 Å². The van der Waals surface area contributed by atoms with Crippen molar-refractivity contribution in [2.24, 2.45) is 0 Å². The zero-order valence-corrected chi connectivity index (χ0v) is 14.6. The molecule has 0 bridgehead atoms. The Morgan fingerprint density at radius 2 is 1.72 bits per heavy atom. The molecule has 0 fully saturated rings. The Bertz CT molecular complexity index is 650. The van der Waals surface area contributed by atoms with Gasteiger partial charge in [0.05, 0.1) is 6.61 Å². The van der Waals surface area contributed by atoms with Crippen molar-refractivity contribution < 1.29 is 19.2 Å². The maximum Gasteiger partial charge on any atom is 0.490 e. The minimum Gasteiger partial charge on any atom is -0.494 e. The van der Waals surface area contributed by atoms with Crippen molar-refractivity contribution in [2.75, 3.05) is 6.61 Å². The second-order valence-electron chi connectivity index (χ2n) is 6.11. The van der Waals surface area contributed by atoms with E-state index in [2.05, 4.69) is 11.9 Å². The maximum atomic E-state index is 14.1. The van der Waals surface area contributed by atoms with Crippen molar-refractivity contribution in [3.05, 3.63) is 42.3 Å². The molecule has 0 unspecified atom stereocenters. The van der Waals surface area contributed by atoms with Gasteiger partial charge in [-0.05, 0) is 36.8 Å². The SMILES string of the molecule is CCCCCCCCOc1ccc(-c2ncc(B(O)O)cc2F)cc1. The second-order valence-corrected chi connectivity index (χ2v) is 6.11. The molecule has 2 rings (SSSR count). The first-order valence-electron chi connectivity index (χ1n) is 8.86. The molecule has 1 aromatic heterocycles. The molecule has 0 radical (unpaired) electrons. The fourth-order valence-corrected chi connectivity index (χ4v) is 2.59.